The van der Waals surface area contributed by atoms with Crippen LogP contribution in [0.15, 0.2) is 30.5 Å². The van der Waals surface area contributed by atoms with Crippen molar-refractivity contribution in [3.63, 3.8) is 0 Å². The summed E-state index contributed by atoms with van der Waals surface area (Å²) in [6.07, 6.45) is 4.12. The highest BCUT2D eigenvalue weighted by Crippen LogP contribution is 2.22. The number of hydrogen-bond acceptors (Lipinski definition) is 2. The van der Waals surface area contributed by atoms with Crippen LogP contribution in [0.2, 0.25) is 0 Å². The molecule has 1 aromatic heterocycles. The van der Waals surface area contributed by atoms with Crippen LogP contribution in [0.4, 0.5) is 0 Å². The maximum Gasteiger partial charge on any atom is 0.0643 e. The van der Waals surface area contributed by atoms with Gasteiger partial charge < -0.3 is 5.32 Å². The van der Waals surface area contributed by atoms with Crippen molar-refractivity contribution in [2.24, 2.45) is 0 Å². The van der Waals surface area contributed by atoms with Crippen LogP contribution in [-0.4, -0.2) is 16.8 Å². The molecule has 0 amide bonds. The molecule has 21 heavy (non-hydrogen) atoms. The third-order valence-corrected chi connectivity index (χ3v) is 4.28. The molecule has 0 aliphatic heterocycles. The van der Waals surface area contributed by atoms with E-state index in [2.05, 4.69) is 68.2 Å². The number of nitrogens with one attached hydrogen (secondary N) is 1. The van der Waals surface area contributed by atoms with Crippen molar-refractivity contribution in [2.45, 2.75) is 52.6 Å². The van der Waals surface area contributed by atoms with E-state index in [9.17, 15) is 0 Å². The Bertz CT molecular complexity index is 586. The van der Waals surface area contributed by atoms with E-state index >= 15 is 0 Å². The first-order valence-corrected chi connectivity index (χ1v) is 7.83. The second-order valence-electron chi connectivity index (χ2n) is 5.95. The molecule has 2 unspecified atom stereocenters. The zero-order valence-corrected chi connectivity index (χ0v) is 13.9. The smallest absolute Gasteiger partial charge is 0.0643 e. The van der Waals surface area contributed by atoms with E-state index in [1.165, 1.54) is 16.7 Å². The average molecular weight is 285 g/mol. The van der Waals surface area contributed by atoms with Gasteiger partial charge in [-0.15, -0.1) is 0 Å². The maximum atomic E-state index is 4.72. The van der Waals surface area contributed by atoms with Gasteiger partial charge in [-0.05, 0) is 51.4 Å². The van der Waals surface area contributed by atoms with Crippen LogP contribution >= 0.6 is 0 Å². The molecule has 2 aromatic rings. The molecule has 3 nitrogen and oxygen atoms in total. The summed E-state index contributed by atoms with van der Waals surface area (Å²) in [6.45, 7) is 8.72. The largest absolute Gasteiger partial charge is 0.313 e. The molecule has 0 aliphatic carbocycles. The van der Waals surface area contributed by atoms with Gasteiger partial charge in [0.1, 0.15) is 0 Å². The minimum atomic E-state index is 0.310. The van der Waals surface area contributed by atoms with Crippen LogP contribution in [0.1, 0.15) is 54.7 Å². The van der Waals surface area contributed by atoms with Gasteiger partial charge in [0.25, 0.3) is 0 Å². The van der Waals surface area contributed by atoms with Crippen LogP contribution in [-0.2, 0) is 6.42 Å². The number of nitrogens with zero attached hydrogens (tertiary/aromatic N) is 2. The van der Waals surface area contributed by atoms with Crippen LogP contribution in [0.3, 0.4) is 0 Å². The van der Waals surface area contributed by atoms with Gasteiger partial charge in [0.15, 0.2) is 0 Å². The Morgan fingerprint density at radius 1 is 1.24 bits per heavy atom. The lowest BCUT2D eigenvalue weighted by Crippen LogP contribution is -2.20. The first-order valence-electron chi connectivity index (χ1n) is 7.83. The molecule has 0 saturated carbocycles. The zero-order valence-electron chi connectivity index (χ0n) is 13.9. The molecule has 1 N–H and O–H groups in total. The average Bonchev–Trinajstić information content (AvgIpc) is 2.95. The fraction of sp³-hybridized carbons (Fsp3) is 0.500. The second-order valence-corrected chi connectivity index (χ2v) is 5.95. The Balaban J connectivity index is 2.19. The summed E-state index contributed by atoms with van der Waals surface area (Å²) in [4.78, 5) is 0. The summed E-state index contributed by atoms with van der Waals surface area (Å²) in [6, 6.07) is 9.57. The van der Waals surface area contributed by atoms with E-state index in [1.54, 1.807) is 0 Å². The summed E-state index contributed by atoms with van der Waals surface area (Å²) < 4.78 is 2.07. The van der Waals surface area contributed by atoms with E-state index in [4.69, 9.17) is 5.10 Å². The van der Waals surface area contributed by atoms with Gasteiger partial charge in [0, 0.05) is 24.7 Å². The summed E-state index contributed by atoms with van der Waals surface area (Å²) in [5.41, 5.74) is 5.16. The van der Waals surface area contributed by atoms with Crippen molar-refractivity contribution in [3.05, 3.63) is 52.8 Å². The van der Waals surface area contributed by atoms with Crippen LogP contribution < -0.4 is 5.32 Å². The number of likely N-dealkylation sites (N-methyl/N-ethyl adjacent to an activating group) is 1. The minimum Gasteiger partial charge on any atom is -0.313 e. The molecule has 3 heteroatoms. The van der Waals surface area contributed by atoms with Crippen molar-refractivity contribution >= 4 is 0 Å². The molecule has 0 bridgehead atoms. The van der Waals surface area contributed by atoms with Crippen LogP contribution in [0.5, 0.6) is 0 Å². The molecule has 0 fully saturated rings. The third-order valence-electron chi connectivity index (χ3n) is 4.28. The monoisotopic (exact) mass is 285 g/mol. The summed E-state index contributed by atoms with van der Waals surface area (Å²) in [7, 11) is 2.03. The molecular weight excluding hydrogens is 258 g/mol. The van der Waals surface area contributed by atoms with Crippen molar-refractivity contribution in [1.82, 2.24) is 15.1 Å². The van der Waals surface area contributed by atoms with E-state index in [-0.39, 0.29) is 0 Å². The quantitative estimate of drug-likeness (QED) is 0.870. The van der Waals surface area contributed by atoms with Crippen molar-refractivity contribution in [2.75, 3.05) is 7.05 Å². The number of benzene rings is 1. The maximum absolute atomic E-state index is 4.72. The summed E-state index contributed by atoms with van der Waals surface area (Å²) >= 11 is 0. The standard InChI is InChI=1S/C18H27N3/c1-6-15(4)21-10-9-16(20-21)12-18(19-5)17-11-13(2)7-8-14(17)3/h7-11,15,18-19H,6,12H2,1-5H3. The highest BCUT2D eigenvalue weighted by atomic mass is 15.3. The van der Waals surface area contributed by atoms with E-state index < -0.39 is 0 Å². The molecular formula is C18H27N3. The lowest BCUT2D eigenvalue weighted by Gasteiger charge is -2.18. The van der Waals surface area contributed by atoms with E-state index in [1.807, 2.05) is 7.05 Å². The number of aromatic nitrogens is 2. The highest BCUT2D eigenvalue weighted by molar-refractivity contribution is 5.33. The number of rotatable bonds is 6. The number of hydrogen-bond donors (Lipinski definition) is 1. The highest BCUT2D eigenvalue weighted by Gasteiger charge is 2.15. The number of aryl methyl sites for hydroxylation is 2. The van der Waals surface area contributed by atoms with Gasteiger partial charge in [-0.2, -0.15) is 5.10 Å². The Kier molecular flexibility index (Phi) is 5.18. The molecule has 0 spiro atoms. The zero-order chi connectivity index (χ0) is 15.4. The van der Waals surface area contributed by atoms with E-state index in [0.717, 1.165) is 18.5 Å². The molecule has 2 rings (SSSR count). The van der Waals surface area contributed by atoms with Gasteiger partial charge in [0.2, 0.25) is 0 Å². The van der Waals surface area contributed by atoms with Gasteiger partial charge in [0.05, 0.1) is 5.69 Å². The van der Waals surface area contributed by atoms with E-state index in [0.29, 0.717) is 12.1 Å². The van der Waals surface area contributed by atoms with Crippen molar-refractivity contribution in [3.8, 4) is 0 Å². The molecule has 1 heterocycles. The first kappa shape index (κ1) is 15.8. The van der Waals surface area contributed by atoms with Crippen LogP contribution in [0, 0.1) is 13.8 Å². The molecule has 0 radical (unpaired) electrons. The third kappa shape index (κ3) is 3.73. The lowest BCUT2D eigenvalue weighted by atomic mass is 9.96. The first-order chi connectivity index (χ1) is 10.0. The molecule has 2 atom stereocenters. The Hall–Kier alpha value is -1.61. The van der Waals surface area contributed by atoms with Crippen LogP contribution in [0.25, 0.3) is 0 Å². The van der Waals surface area contributed by atoms with Gasteiger partial charge in [-0.3, -0.25) is 4.68 Å². The van der Waals surface area contributed by atoms with Gasteiger partial charge in [-0.25, -0.2) is 0 Å². The summed E-state index contributed by atoms with van der Waals surface area (Å²) in [5, 5.41) is 8.16. The fourth-order valence-electron chi connectivity index (χ4n) is 2.63. The topological polar surface area (TPSA) is 29.9 Å². The van der Waals surface area contributed by atoms with Gasteiger partial charge in [-0.1, -0.05) is 30.7 Å². The molecule has 0 aliphatic rings. The Morgan fingerprint density at radius 3 is 2.67 bits per heavy atom. The Morgan fingerprint density at radius 2 is 2.00 bits per heavy atom. The van der Waals surface area contributed by atoms with Crippen molar-refractivity contribution in [1.29, 1.82) is 0 Å². The molecule has 1 aromatic carbocycles. The lowest BCUT2D eigenvalue weighted by molar-refractivity contribution is 0.469. The molecule has 114 valence electrons. The SMILES string of the molecule is CCC(C)n1ccc(CC(NC)c2cc(C)ccc2C)n1. The summed E-state index contributed by atoms with van der Waals surface area (Å²) in [5.74, 6) is 0. The van der Waals surface area contributed by atoms with Gasteiger partial charge >= 0.3 is 0 Å². The molecule has 0 saturated heterocycles. The second kappa shape index (κ2) is 6.90. The van der Waals surface area contributed by atoms with Crippen molar-refractivity contribution < 1.29 is 0 Å². The Labute approximate surface area is 128 Å². The normalized spacial score (nSPS) is 14.1. The predicted molar refractivity (Wildman–Crippen MR) is 88.6 cm³/mol. The fourth-order valence-corrected chi connectivity index (χ4v) is 2.63. The predicted octanol–water partition coefficient (Wildman–Crippen LogP) is 3.97. The minimum absolute atomic E-state index is 0.310.